The second-order valence-electron chi connectivity index (χ2n) is 4.33. The highest BCUT2D eigenvalue weighted by molar-refractivity contribution is 5.60. The Morgan fingerprint density at radius 3 is 2.37 bits per heavy atom. The zero-order valence-corrected chi connectivity index (χ0v) is 10.6. The summed E-state index contributed by atoms with van der Waals surface area (Å²) < 4.78 is 0. The molecule has 0 aliphatic carbocycles. The van der Waals surface area contributed by atoms with Crippen LogP contribution in [0.4, 0.5) is 0 Å². The standard InChI is InChI=1S/C17H16O2/c1-3-13-6-5-7-15(17(13)19)11-12-8-9-16(18)14(4-2)10-12/h3-10,18-19H,1-2,11H2. The van der Waals surface area contributed by atoms with Gasteiger partial charge in [-0.05, 0) is 23.3 Å². The molecule has 0 unspecified atom stereocenters. The van der Waals surface area contributed by atoms with Crippen LogP contribution in [0.2, 0.25) is 0 Å². The van der Waals surface area contributed by atoms with Crippen LogP contribution in [0.15, 0.2) is 49.6 Å². The molecule has 0 heterocycles. The summed E-state index contributed by atoms with van der Waals surface area (Å²) in [5.41, 5.74) is 3.25. The molecular formula is C17H16O2. The molecule has 0 bridgehead atoms. The molecule has 0 radical (unpaired) electrons. The third-order valence-corrected chi connectivity index (χ3v) is 3.08. The Bertz CT molecular complexity index is 627. The van der Waals surface area contributed by atoms with Crippen molar-refractivity contribution >= 4 is 12.2 Å². The Labute approximate surface area is 113 Å². The zero-order chi connectivity index (χ0) is 13.8. The predicted octanol–water partition coefficient (Wildman–Crippen LogP) is 3.97. The number of hydrogen-bond acceptors (Lipinski definition) is 2. The third kappa shape index (κ3) is 2.68. The van der Waals surface area contributed by atoms with Gasteiger partial charge in [0.05, 0.1) is 0 Å². The van der Waals surface area contributed by atoms with Crippen molar-refractivity contribution in [2.24, 2.45) is 0 Å². The largest absolute Gasteiger partial charge is 0.507 e. The second-order valence-corrected chi connectivity index (χ2v) is 4.33. The maximum absolute atomic E-state index is 10.1. The number of benzene rings is 2. The van der Waals surface area contributed by atoms with Gasteiger partial charge in [0.1, 0.15) is 11.5 Å². The Morgan fingerprint density at radius 1 is 0.947 bits per heavy atom. The Kier molecular flexibility index (Phi) is 3.71. The number of para-hydroxylation sites is 1. The zero-order valence-electron chi connectivity index (χ0n) is 10.6. The molecular weight excluding hydrogens is 236 g/mol. The normalized spacial score (nSPS) is 10.1. The molecule has 0 spiro atoms. The van der Waals surface area contributed by atoms with Gasteiger partial charge in [-0.15, -0.1) is 0 Å². The lowest BCUT2D eigenvalue weighted by atomic mass is 9.99. The maximum Gasteiger partial charge on any atom is 0.126 e. The van der Waals surface area contributed by atoms with Crippen LogP contribution >= 0.6 is 0 Å². The first-order valence-corrected chi connectivity index (χ1v) is 6.03. The SMILES string of the molecule is C=Cc1cc(Cc2cccc(C=C)c2O)ccc1O. The maximum atomic E-state index is 10.1. The van der Waals surface area contributed by atoms with Gasteiger partial charge in [-0.3, -0.25) is 0 Å². The second kappa shape index (κ2) is 5.44. The van der Waals surface area contributed by atoms with Crippen LogP contribution in [-0.4, -0.2) is 10.2 Å². The molecule has 2 heteroatoms. The molecule has 0 fully saturated rings. The highest BCUT2D eigenvalue weighted by atomic mass is 16.3. The van der Waals surface area contributed by atoms with Crippen molar-refractivity contribution in [3.05, 3.63) is 71.8 Å². The monoisotopic (exact) mass is 252 g/mol. The van der Waals surface area contributed by atoms with E-state index in [0.717, 1.165) is 16.7 Å². The lowest BCUT2D eigenvalue weighted by Crippen LogP contribution is -1.91. The summed E-state index contributed by atoms with van der Waals surface area (Å²) in [5, 5.41) is 19.7. The number of phenols is 2. The van der Waals surface area contributed by atoms with Crippen LogP contribution in [0.25, 0.3) is 12.2 Å². The average Bonchev–Trinajstić information content (AvgIpc) is 2.43. The van der Waals surface area contributed by atoms with Crippen molar-refractivity contribution < 1.29 is 10.2 Å². The molecule has 2 rings (SSSR count). The Morgan fingerprint density at radius 2 is 1.68 bits per heavy atom. The summed E-state index contributed by atoms with van der Waals surface area (Å²) in [4.78, 5) is 0. The van der Waals surface area contributed by atoms with Crippen LogP contribution < -0.4 is 0 Å². The van der Waals surface area contributed by atoms with Crippen LogP contribution in [0, 0.1) is 0 Å². The first kappa shape index (κ1) is 13.0. The summed E-state index contributed by atoms with van der Waals surface area (Å²) in [7, 11) is 0. The molecule has 0 saturated heterocycles. The van der Waals surface area contributed by atoms with E-state index in [1.807, 2.05) is 30.3 Å². The molecule has 2 aromatic carbocycles. The minimum Gasteiger partial charge on any atom is -0.507 e. The van der Waals surface area contributed by atoms with E-state index >= 15 is 0 Å². The molecule has 2 N–H and O–H groups in total. The van der Waals surface area contributed by atoms with Gasteiger partial charge in [0, 0.05) is 17.5 Å². The molecule has 0 aliphatic heterocycles. The summed E-state index contributed by atoms with van der Waals surface area (Å²) in [6.45, 7) is 7.33. The minimum atomic E-state index is 0.211. The lowest BCUT2D eigenvalue weighted by molar-refractivity contribution is 0.468. The van der Waals surface area contributed by atoms with E-state index in [-0.39, 0.29) is 11.5 Å². The lowest BCUT2D eigenvalue weighted by Gasteiger charge is -2.08. The third-order valence-electron chi connectivity index (χ3n) is 3.08. The number of hydrogen-bond donors (Lipinski definition) is 2. The van der Waals surface area contributed by atoms with Crippen LogP contribution in [0.3, 0.4) is 0 Å². The number of rotatable bonds is 4. The van der Waals surface area contributed by atoms with Gasteiger partial charge in [-0.25, -0.2) is 0 Å². The summed E-state index contributed by atoms with van der Waals surface area (Å²) in [6.07, 6.45) is 3.83. The highest BCUT2D eigenvalue weighted by Gasteiger charge is 2.07. The van der Waals surface area contributed by atoms with Crippen LogP contribution in [0.1, 0.15) is 22.3 Å². The average molecular weight is 252 g/mol. The van der Waals surface area contributed by atoms with Crippen molar-refractivity contribution in [1.82, 2.24) is 0 Å². The fourth-order valence-corrected chi connectivity index (χ4v) is 2.02. The van der Waals surface area contributed by atoms with E-state index in [2.05, 4.69) is 13.2 Å². The molecule has 2 nitrogen and oxygen atoms in total. The molecule has 0 aromatic heterocycles. The molecule has 0 aliphatic rings. The quantitative estimate of drug-likeness (QED) is 0.864. The van der Waals surface area contributed by atoms with Crippen LogP contribution in [0.5, 0.6) is 11.5 Å². The van der Waals surface area contributed by atoms with E-state index in [1.165, 1.54) is 0 Å². The van der Waals surface area contributed by atoms with E-state index in [9.17, 15) is 10.2 Å². The summed E-state index contributed by atoms with van der Waals surface area (Å²) in [6, 6.07) is 10.9. The van der Waals surface area contributed by atoms with E-state index < -0.39 is 0 Å². The molecule has 0 saturated carbocycles. The van der Waals surface area contributed by atoms with E-state index in [0.29, 0.717) is 12.0 Å². The highest BCUT2D eigenvalue weighted by Crippen LogP contribution is 2.27. The molecule has 2 aromatic rings. The van der Waals surface area contributed by atoms with Crippen molar-refractivity contribution in [2.45, 2.75) is 6.42 Å². The van der Waals surface area contributed by atoms with Crippen LogP contribution in [-0.2, 0) is 6.42 Å². The van der Waals surface area contributed by atoms with E-state index in [4.69, 9.17) is 0 Å². The fourth-order valence-electron chi connectivity index (χ4n) is 2.02. The topological polar surface area (TPSA) is 40.5 Å². The van der Waals surface area contributed by atoms with Gasteiger partial charge in [-0.2, -0.15) is 0 Å². The molecule has 0 amide bonds. The van der Waals surface area contributed by atoms with Gasteiger partial charge in [0.25, 0.3) is 0 Å². The Balaban J connectivity index is 2.36. The molecule has 96 valence electrons. The van der Waals surface area contributed by atoms with Crippen molar-refractivity contribution in [3.8, 4) is 11.5 Å². The van der Waals surface area contributed by atoms with Gasteiger partial charge < -0.3 is 10.2 Å². The number of aromatic hydroxyl groups is 2. The summed E-state index contributed by atoms with van der Waals surface area (Å²) >= 11 is 0. The first-order chi connectivity index (χ1) is 9.15. The van der Waals surface area contributed by atoms with Crippen molar-refractivity contribution in [2.75, 3.05) is 0 Å². The smallest absolute Gasteiger partial charge is 0.126 e. The first-order valence-electron chi connectivity index (χ1n) is 6.03. The van der Waals surface area contributed by atoms with Crippen molar-refractivity contribution in [3.63, 3.8) is 0 Å². The Hall–Kier alpha value is -2.48. The van der Waals surface area contributed by atoms with Gasteiger partial charge in [0.2, 0.25) is 0 Å². The number of phenolic OH excluding ortho intramolecular Hbond substituents is 2. The molecule has 19 heavy (non-hydrogen) atoms. The fraction of sp³-hybridized carbons (Fsp3) is 0.0588. The predicted molar refractivity (Wildman–Crippen MR) is 79.2 cm³/mol. The minimum absolute atomic E-state index is 0.211. The van der Waals surface area contributed by atoms with Crippen molar-refractivity contribution in [1.29, 1.82) is 0 Å². The summed E-state index contributed by atoms with van der Waals surface area (Å²) in [5.74, 6) is 0.466. The van der Waals surface area contributed by atoms with Gasteiger partial charge in [0.15, 0.2) is 0 Å². The van der Waals surface area contributed by atoms with E-state index in [1.54, 1.807) is 18.2 Å². The molecule has 0 atom stereocenters. The van der Waals surface area contributed by atoms with Gasteiger partial charge >= 0.3 is 0 Å². The van der Waals surface area contributed by atoms with Gasteiger partial charge in [-0.1, -0.05) is 49.6 Å².